The number of hydrogen-bond donors (Lipinski definition) is 3. The van der Waals surface area contributed by atoms with Gasteiger partial charge in [0.15, 0.2) is 0 Å². The molecule has 3 N–H and O–H groups in total. The van der Waals surface area contributed by atoms with E-state index < -0.39 is 26.0 Å². The lowest BCUT2D eigenvalue weighted by atomic mass is 9.74. The summed E-state index contributed by atoms with van der Waals surface area (Å²) in [5.74, 6) is 1.81. The number of carbonyl (C=O) groups excluding carboxylic acids is 1. The van der Waals surface area contributed by atoms with Crippen LogP contribution in [0.3, 0.4) is 0 Å². The number of aromatic nitrogens is 1. The maximum atomic E-state index is 14.2. The molecule has 0 radical (unpaired) electrons. The van der Waals surface area contributed by atoms with Crippen molar-refractivity contribution >= 4 is 53.3 Å². The Labute approximate surface area is 297 Å². The quantitative estimate of drug-likeness (QED) is 0.0882. The Hall–Kier alpha value is -4.59. The SMILES string of the molecule is CCOc1ccc(S(=O)(=O)Nc2cc3c(C(=O)NO)cn(S(=O)(=O)c4ccc(OC5CCC(CC6CCC6)CC5)cc4)c3c3ccccc23)cc1. The average Bonchev–Trinajstić information content (AvgIpc) is 3.51. The number of nitrogens with one attached hydrogen (secondary N) is 2. The normalized spacial score (nSPS) is 18.3. The van der Waals surface area contributed by atoms with E-state index in [4.69, 9.17) is 9.47 Å². The number of rotatable bonds is 12. The van der Waals surface area contributed by atoms with E-state index in [1.54, 1.807) is 54.0 Å². The van der Waals surface area contributed by atoms with Crippen LogP contribution in [0.25, 0.3) is 21.7 Å². The fourth-order valence-electron chi connectivity index (χ4n) is 7.34. The first kappa shape index (κ1) is 34.8. The molecule has 1 aromatic heterocycles. The van der Waals surface area contributed by atoms with Crippen LogP contribution in [0.5, 0.6) is 11.5 Å². The van der Waals surface area contributed by atoms with E-state index in [2.05, 4.69) is 4.72 Å². The second-order valence-corrected chi connectivity index (χ2v) is 16.9. The molecular formula is C38H41N3O8S2. The van der Waals surface area contributed by atoms with Gasteiger partial charge in [-0.15, -0.1) is 0 Å². The molecule has 5 aromatic rings. The monoisotopic (exact) mass is 731 g/mol. The lowest BCUT2D eigenvalue weighted by Crippen LogP contribution is -2.26. The number of carbonyl (C=O) groups is 1. The Balaban J connectivity index is 1.20. The van der Waals surface area contributed by atoms with Gasteiger partial charge in [-0.3, -0.25) is 14.7 Å². The number of sulfonamides is 1. The largest absolute Gasteiger partial charge is 0.494 e. The molecule has 0 aliphatic heterocycles. The minimum atomic E-state index is -4.29. The van der Waals surface area contributed by atoms with Crippen molar-refractivity contribution in [1.29, 1.82) is 0 Å². The van der Waals surface area contributed by atoms with Crippen LogP contribution in [0.1, 0.15) is 68.6 Å². The highest BCUT2D eigenvalue weighted by Gasteiger charge is 2.29. The maximum absolute atomic E-state index is 14.2. The first-order chi connectivity index (χ1) is 24.6. The molecule has 51 heavy (non-hydrogen) atoms. The van der Waals surface area contributed by atoms with E-state index in [-0.39, 0.29) is 38.0 Å². The zero-order chi connectivity index (χ0) is 35.8. The molecule has 1 amide bonds. The van der Waals surface area contributed by atoms with Crippen LogP contribution in [-0.4, -0.2) is 44.6 Å². The van der Waals surface area contributed by atoms with Crippen molar-refractivity contribution in [2.75, 3.05) is 11.3 Å². The molecule has 2 aliphatic carbocycles. The zero-order valence-corrected chi connectivity index (χ0v) is 29.9. The number of fused-ring (bicyclic) bond motifs is 3. The van der Waals surface area contributed by atoms with Crippen LogP contribution < -0.4 is 19.7 Å². The lowest BCUT2D eigenvalue weighted by Gasteiger charge is -2.34. The summed E-state index contributed by atoms with van der Waals surface area (Å²) in [5.41, 5.74) is 1.68. The third kappa shape index (κ3) is 7.02. The molecule has 268 valence electrons. The third-order valence-electron chi connectivity index (χ3n) is 10.2. The standard InChI is InChI=1S/C38H41N3O8S2/c1-2-48-27-14-18-30(19-15-27)50(44,45)40-36-23-34-35(38(42)39-43)24-41(37(34)33-9-4-3-8-32(33)36)51(46,47)31-20-16-29(17-21-31)49-28-12-10-26(11-13-28)22-25-6-5-7-25/h3-4,8-9,14-21,23-26,28,40,43H,2,5-7,10-13,22H2,1H3,(H,39,42). The maximum Gasteiger partial charge on any atom is 0.276 e. The highest BCUT2D eigenvalue weighted by molar-refractivity contribution is 7.92. The van der Waals surface area contributed by atoms with Gasteiger partial charge in [0, 0.05) is 22.4 Å². The molecule has 2 fully saturated rings. The average molecular weight is 732 g/mol. The Morgan fingerprint density at radius 2 is 1.43 bits per heavy atom. The van der Waals surface area contributed by atoms with Crippen LogP contribution in [0.2, 0.25) is 0 Å². The summed E-state index contributed by atoms with van der Waals surface area (Å²) in [7, 11) is -8.42. The Morgan fingerprint density at radius 1 is 0.804 bits per heavy atom. The predicted octanol–water partition coefficient (Wildman–Crippen LogP) is 7.48. The van der Waals surface area contributed by atoms with Gasteiger partial charge in [-0.2, -0.15) is 0 Å². The number of benzene rings is 4. The molecule has 11 nitrogen and oxygen atoms in total. The second kappa shape index (κ2) is 14.2. The van der Waals surface area contributed by atoms with E-state index in [9.17, 15) is 26.8 Å². The van der Waals surface area contributed by atoms with Gasteiger partial charge in [0.05, 0.1) is 39.3 Å². The molecule has 0 spiro atoms. The molecule has 2 saturated carbocycles. The first-order valence-electron chi connectivity index (χ1n) is 17.4. The van der Waals surface area contributed by atoms with Gasteiger partial charge in [-0.05, 0) is 105 Å². The van der Waals surface area contributed by atoms with E-state index in [0.717, 1.165) is 47.7 Å². The Bertz CT molecular complexity index is 2270. The van der Waals surface area contributed by atoms with Crippen molar-refractivity contribution in [3.63, 3.8) is 0 Å². The van der Waals surface area contributed by atoms with Crippen LogP contribution in [0.4, 0.5) is 5.69 Å². The molecule has 7 rings (SSSR count). The summed E-state index contributed by atoms with van der Waals surface area (Å²) < 4.78 is 70.8. The van der Waals surface area contributed by atoms with Crippen molar-refractivity contribution in [3.8, 4) is 11.5 Å². The number of amides is 1. The smallest absolute Gasteiger partial charge is 0.276 e. The summed E-state index contributed by atoms with van der Waals surface area (Å²) in [5, 5.41) is 10.5. The van der Waals surface area contributed by atoms with Crippen LogP contribution >= 0.6 is 0 Å². The molecule has 0 unspecified atom stereocenters. The van der Waals surface area contributed by atoms with Gasteiger partial charge >= 0.3 is 0 Å². The van der Waals surface area contributed by atoms with Gasteiger partial charge in [-0.1, -0.05) is 43.5 Å². The van der Waals surface area contributed by atoms with Crippen molar-refractivity contribution in [1.82, 2.24) is 9.45 Å². The van der Waals surface area contributed by atoms with Crippen molar-refractivity contribution in [3.05, 3.63) is 90.6 Å². The summed E-state index contributed by atoms with van der Waals surface area (Å²) >= 11 is 0. The minimum absolute atomic E-state index is 0.0207. The van der Waals surface area contributed by atoms with Gasteiger partial charge in [0.2, 0.25) is 0 Å². The van der Waals surface area contributed by atoms with Gasteiger partial charge in [0.25, 0.3) is 26.0 Å². The van der Waals surface area contributed by atoms with Crippen LogP contribution in [-0.2, 0) is 20.0 Å². The Kier molecular flexibility index (Phi) is 9.70. The lowest BCUT2D eigenvalue weighted by molar-refractivity contribution is 0.0708. The predicted molar refractivity (Wildman–Crippen MR) is 194 cm³/mol. The van der Waals surface area contributed by atoms with Crippen molar-refractivity contribution < 1.29 is 36.3 Å². The molecule has 13 heteroatoms. The van der Waals surface area contributed by atoms with Crippen molar-refractivity contribution in [2.24, 2.45) is 11.8 Å². The topological polar surface area (TPSA) is 153 Å². The summed E-state index contributed by atoms with van der Waals surface area (Å²) in [4.78, 5) is 12.9. The number of hydroxylamine groups is 1. The fourth-order valence-corrected chi connectivity index (χ4v) is 9.80. The summed E-state index contributed by atoms with van der Waals surface area (Å²) in [6.07, 6.45) is 10.9. The molecule has 1 heterocycles. The summed E-state index contributed by atoms with van der Waals surface area (Å²) in [6.45, 7) is 2.25. The van der Waals surface area contributed by atoms with E-state index in [1.165, 1.54) is 56.0 Å². The zero-order valence-electron chi connectivity index (χ0n) is 28.2. The van der Waals surface area contributed by atoms with E-state index in [1.807, 2.05) is 6.92 Å². The van der Waals surface area contributed by atoms with Crippen LogP contribution in [0.15, 0.2) is 94.9 Å². The number of nitrogens with zero attached hydrogens (tertiary/aromatic N) is 1. The van der Waals surface area contributed by atoms with Gasteiger partial charge < -0.3 is 9.47 Å². The molecule has 4 aromatic carbocycles. The summed E-state index contributed by atoms with van der Waals surface area (Å²) in [6, 6.07) is 20.3. The third-order valence-corrected chi connectivity index (χ3v) is 13.2. The molecular weight excluding hydrogens is 691 g/mol. The first-order valence-corrected chi connectivity index (χ1v) is 20.3. The van der Waals surface area contributed by atoms with E-state index >= 15 is 0 Å². The number of ether oxygens (including phenoxy) is 2. The molecule has 0 atom stereocenters. The van der Waals surface area contributed by atoms with Gasteiger partial charge in [0.1, 0.15) is 11.5 Å². The molecule has 2 aliphatic rings. The highest BCUT2D eigenvalue weighted by atomic mass is 32.2. The van der Waals surface area contributed by atoms with E-state index in [0.29, 0.717) is 28.9 Å². The van der Waals surface area contributed by atoms with Crippen LogP contribution in [0, 0.1) is 11.8 Å². The highest BCUT2D eigenvalue weighted by Crippen LogP contribution is 2.40. The van der Waals surface area contributed by atoms with Gasteiger partial charge in [-0.25, -0.2) is 26.3 Å². The molecule has 0 saturated heterocycles. The Morgan fingerprint density at radius 3 is 2.06 bits per heavy atom. The number of hydrogen-bond acceptors (Lipinski definition) is 8. The fraction of sp³-hybridized carbons (Fsp3) is 0.342. The van der Waals surface area contributed by atoms with Crippen molar-refractivity contribution in [2.45, 2.75) is 74.2 Å². The second-order valence-electron chi connectivity index (χ2n) is 13.4. The minimum Gasteiger partial charge on any atom is -0.494 e. The number of anilines is 1. The molecule has 0 bridgehead atoms.